The molecule has 3 nitrogen and oxygen atoms in total. The number of benzene rings is 2. The zero-order valence-electron chi connectivity index (χ0n) is 10.2. The van der Waals surface area contributed by atoms with Crippen molar-refractivity contribution in [1.82, 2.24) is 0 Å². The molecule has 2 aromatic carbocycles. The summed E-state index contributed by atoms with van der Waals surface area (Å²) in [6.45, 7) is -0.191. The van der Waals surface area contributed by atoms with E-state index in [0.717, 1.165) is 0 Å². The maximum absolute atomic E-state index is 13.1. The predicted octanol–water partition coefficient (Wildman–Crippen LogP) is 4.26. The summed E-state index contributed by atoms with van der Waals surface area (Å²) in [7, 11) is 0. The maximum Gasteiger partial charge on any atom is 0.262 e. The normalized spacial score (nSPS) is 10.2. The molecule has 0 aliphatic rings. The maximum atomic E-state index is 13.1. The number of rotatable bonds is 4. The van der Waals surface area contributed by atoms with Crippen molar-refractivity contribution in [1.29, 1.82) is 0 Å². The molecule has 104 valence electrons. The lowest BCUT2D eigenvalue weighted by Crippen LogP contribution is -2.20. The first-order valence-electron chi connectivity index (χ1n) is 5.68. The fourth-order valence-electron chi connectivity index (χ4n) is 1.49. The smallest absolute Gasteiger partial charge is 0.262 e. The van der Waals surface area contributed by atoms with Crippen molar-refractivity contribution in [3.63, 3.8) is 0 Å². The Balaban J connectivity index is 1.94. The van der Waals surface area contributed by atoms with Gasteiger partial charge in [-0.05, 0) is 52.3 Å². The predicted molar refractivity (Wildman–Crippen MR) is 79.7 cm³/mol. The Kier molecular flexibility index (Phi) is 4.98. The van der Waals surface area contributed by atoms with Crippen LogP contribution in [0.3, 0.4) is 0 Å². The molecule has 0 aliphatic heterocycles. The van der Waals surface area contributed by atoms with E-state index in [4.69, 9.17) is 16.3 Å². The third-order valence-corrected chi connectivity index (χ3v) is 3.30. The van der Waals surface area contributed by atoms with Crippen LogP contribution in [0.15, 0.2) is 46.9 Å². The average molecular weight is 359 g/mol. The molecule has 0 saturated carbocycles. The second kappa shape index (κ2) is 6.72. The number of hydrogen-bond acceptors (Lipinski definition) is 2. The summed E-state index contributed by atoms with van der Waals surface area (Å²) in [6.07, 6.45) is 0. The summed E-state index contributed by atoms with van der Waals surface area (Å²) in [5.41, 5.74) is 0.352. The minimum Gasteiger partial charge on any atom is -0.484 e. The molecule has 20 heavy (non-hydrogen) atoms. The number of carbonyl (C=O) groups excluding carboxylic acids is 1. The zero-order valence-corrected chi connectivity index (χ0v) is 12.5. The van der Waals surface area contributed by atoms with Crippen LogP contribution in [-0.2, 0) is 4.79 Å². The molecule has 0 aromatic heterocycles. The lowest BCUT2D eigenvalue weighted by atomic mass is 10.3. The SMILES string of the molecule is O=C(COc1cccc(Cl)c1)Nc1cc(F)ccc1Br. The number of carbonyl (C=O) groups is 1. The summed E-state index contributed by atoms with van der Waals surface area (Å²) in [5.74, 6) is -0.332. The van der Waals surface area contributed by atoms with Crippen LogP contribution in [0.4, 0.5) is 10.1 Å². The summed E-state index contributed by atoms with van der Waals surface area (Å²) in [5, 5.41) is 3.08. The molecule has 1 N–H and O–H groups in total. The van der Waals surface area contributed by atoms with Crippen molar-refractivity contribution in [2.75, 3.05) is 11.9 Å². The van der Waals surface area contributed by atoms with Gasteiger partial charge in [-0.3, -0.25) is 4.79 Å². The number of ether oxygens (including phenoxy) is 1. The summed E-state index contributed by atoms with van der Waals surface area (Å²) in [6, 6.07) is 10.8. The standard InChI is InChI=1S/C14H10BrClFNO2/c15-12-5-4-10(17)7-13(12)18-14(19)8-20-11-3-1-2-9(16)6-11/h1-7H,8H2,(H,18,19). The van der Waals surface area contributed by atoms with Gasteiger partial charge in [0.25, 0.3) is 5.91 Å². The van der Waals surface area contributed by atoms with E-state index in [9.17, 15) is 9.18 Å². The third kappa shape index (κ3) is 4.21. The first-order valence-corrected chi connectivity index (χ1v) is 6.85. The number of amides is 1. The van der Waals surface area contributed by atoms with Crippen molar-refractivity contribution in [3.05, 3.63) is 57.8 Å². The van der Waals surface area contributed by atoms with E-state index in [1.54, 1.807) is 24.3 Å². The first-order chi connectivity index (χ1) is 9.54. The van der Waals surface area contributed by atoms with Crippen molar-refractivity contribution in [2.45, 2.75) is 0 Å². The Morgan fingerprint density at radius 3 is 2.85 bits per heavy atom. The van der Waals surface area contributed by atoms with Crippen LogP contribution in [0.25, 0.3) is 0 Å². The van der Waals surface area contributed by atoms with Gasteiger partial charge in [0.05, 0.1) is 5.69 Å². The van der Waals surface area contributed by atoms with E-state index >= 15 is 0 Å². The minimum absolute atomic E-state index is 0.191. The average Bonchev–Trinajstić information content (AvgIpc) is 2.41. The second-order valence-electron chi connectivity index (χ2n) is 3.92. The monoisotopic (exact) mass is 357 g/mol. The van der Waals surface area contributed by atoms with Crippen LogP contribution >= 0.6 is 27.5 Å². The van der Waals surface area contributed by atoms with E-state index in [0.29, 0.717) is 20.9 Å². The molecule has 0 spiro atoms. The van der Waals surface area contributed by atoms with Crippen molar-refractivity contribution in [3.8, 4) is 5.75 Å². The topological polar surface area (TPSA) is 38.3 Å². The van der Waals surface area contributed by atoms with Gasteiger partial charge >= 0.3 is 0 Å². The summed E-state index contributed by atoms with van der Waals surface area (Å²) >= 11 is 9.02. The number of halogens is 3. The number of anilines is 1. The summed E-state index contributed by atoms with van der Waals surface area (Å²) in [4.78, 5) is 11.7. The molecule has 2 rings (SSSR count). The van der Waals surface area contributed by atoms with Crippen LogP contribution in [-0.4, -0.2) is 12.5 Å². The Hall–Kier alpha value is -1.59. The molecular formula is C14H10BrClFNO2. The lowest BCUT2D eigenvalue weighted by molar-refractivity contribution is -0.118. The highest BCUT2D eigenvalue weighted by Crippen LogP contribution is 2.23. The Labute approximate surface area is 128 Å². The molecule has 0 atom stereocenters. The van der Waals surface area contributed by atoms with Gasteiger partial charge in [-0.25, -0.2) is 4.39 Å². The summed E-state index contributed by atoms with van der Waals surface area (Å²) < 4.78 is 19.0. The van der Waals surface area contributed by atoms with Crippen LogP contribution in [0.2, 0.25) is 5.02 Å². The van der Waals surface area contributed by atoms with Crippen LogP contribution in [0.5, 0.6) is 5.75 Å². The number of hydrogen-bond donors (Lipinski definition) is 1. The van der Waals surface area contributed by atoms with Gasteiger partial charge in [0.1, 0.15) is 11.6 Å². The fourth-order valence-corrected chi connectivity index (χ4v) is 2.01. The van der Waals surface area contributed by atoms with Gasteiger partial charge in [-0.15, -0.1) is 0 Å². The van der Waals surface area contributed by atoms with Gasteiger partial charge in [-0.2, -0.15) is 0 Å². The largest absolute Gasteiger partial charge is 0.484 e. The van der Waals surface area contributed by atoms with Crippen LogP contribution in [0.1, 0.15) is 0 Å². The van der Waals surface area contributed by atoms with Gasteiger partial charge in [0.15, 0.2) is 6.61 Å². The molecule has 1 amide bonds. The van der Waals surface area contributed by atoms with E-state index in [2.05, 4.69) is 21.2 Å². The quantitative estimate of drug-likeness (QED) is 0.887. The van der Waals surface area contributed by atoms with E-state index < -0.39 is 11.7 Å². The van der Waals surface area contributed by atoms with Crippen LogP contribution in [0, 0.1) is 5.82 Å². The molecular weight excluding hydrogens is 349 g/mol. The molecule has 0 bridgehead atoms. The van der Waals surface area contributed by atoms with Gasteiger partial charge < -0.3 is 10.1 Å². The molecule has 0 unspecified atom stereocenters. The second-order valence-corrected chi connectivity index (χ2v) is 5.21. The van der Waals surface area contributed by atoms with Crippen molar-refractivity contribution < 1.29 is 13.9 Å². The number of nitrogens with one attached hydrogen (secondary N) is 1. The molecule has 0 aliphatic carbocycles. The third-order valence-electron chi connectivity index (χ3n) is 2.37. The highest BCUT2D eigenvalue weighted by molar-refractivity contribution is 9.10. The Bertz CT molecular complexity index is 636. The molecule has 0 heterocycles. The highest BCUT2D eigenvalue weighted by atomic mass is 79.9. The molecule has 0 saturated heterocycles. The minimum atomic E-state index is -0.431. The molecule has 6 heteroatoms. The fraction of sp³-hybridized carbons (Fsp3) is 0.0714. The van der Waals surface area contributed by atoms with Gasteiger partial charge in [-0.1, -0.05) is 17.7 Å². The van der Waals surface area contributed by atoms with Gasteiger partial charge in [0.2, 0.25) is 0 Å². The molecule has 0 radical (unpaired) electrons. The zero-order chi connectivity index (χ0) is 14.5. The van der Waals surface area contributed by atoms with Crippen molar-refractivity contribution in [2.24, 2.45) is 0 Å². The lowest BCUT2D eigenvalue weighted by Gasteiger charge is -2.09. The van der Waals surface area contributed by atoms with E-state index in [1.807, 2.05) is 0 Å². The van der Waals surface area contributed by atoms with Gasteiger partial charge in [0, 0.05) is 9.50 Å². The first kappa shape index (κ1) is 14.8. The molecule has 2 aromatic rings. The van der Waals surface area contributed by atoms with Crippen LogP contribution < -0.4 is 10.1 Å². The van der Waals surface area contributed by atoms with E-state index in [-0.39, 0.29) is 6.61 Å². The Morgan fingerprint density at radius 2 is 2.10 bits per heavy atom. The van der Waals surface area contributed by atoms with Crippen molar-refractivity contribution >= 4 is 39.1 Å². The molecule has 0 fully saturated rings. The highest BCUT2D eigenvalue weighted by Gasteiger charge is 2.07. The Morgan fingerprint density at radius 1 is 1.30 bits per heavy atom. The van der Waals surface area contributed by atoms with E-state index in [1.165, 1.54) is 18.2 Å².